The van der Waals surface area contributed by atoms with Crippen molar-refractivity contribution in [2.45, 2.75) is 24.7 Å². The van der Waals surface area contributed by atoms with Crippen molar-refractivity contribution in [1.29, 1.82) is 0 Å². The molecule has 0 aliphatic heterocycles. The summed E-state index contributed by atoms with van der Waals surface area (Å²) in [5, 5.41) is 29.3. The average Bonchev–Trinajstić information content (AvgIpc) is 2.73. The summed E-state index contributed by atoms with van der Waals surface area (Å²) in [5.74, 6) is -5.45. The molecule has 0 bridgehead atoms. The number of aliphatic hydroxyl groups excluding tert-OH is 3. The van der Waals surface area contributed by atoms with Crippen molar-refractivity contribution in [3.8, 4) is 0 Å². The molecule has 2 rings (SSSR count). The summed E-state index contributed by atoms with van der Waals surface area (Å²) in [5.41, 5.74) is 0.352. The summed E-state index contributed by atoms with van der Waals surface area (Å²) >= 11 is 0. The Morgan fingerprint density at radius 2 is 1.07 bits per heavy atom. The van der Waals surface area contributed by atoms with E-state index in [0.29, 0.717) is 0 Å². The second-order valence-corrected chi connectivity index (χ2v) is 5.88. The molecule has 0 saturated heterocycles. The van der Waals surface area contributed by atoms with Crippen molar-refractivity contribution in [1.82, 2.24) is 0 Å². The molecule has 1 unspecified atom stereocenters. The standard InChI is InChI=1S/C20H18O9/c21-14(18(25)29-20(27)17(24)13-9-5-2-6-10-13)11-15(22)28-19(26)16(23)12-7-3-1-4-8-12/h1-10,14,16-17,21,23-24H,11H2/t14?,16-,17-/m1/s1. The molecule has 0 aliphatic carbocycles. The lowest BCUT2D eigenvalue weighted by molar-refractivity contribution is -0.176. The smallest absolute Gasteiger partial charge is 0.347 e. The molecule has 0 heterocycles. The summed E-state index contributed by atoms with van der Waals surface area (Å²) in [6.45, 7) is 0. The Balaban J connectivity index is 1.84. The number of esters is 4. The highest BCUT2D eigenvalue weighted by molar-refractivity contribution is 5.94. The van der Waals surface area contributed by atoms with E-state index in [0.717, 1.165) is 0 Å². The van der Waals surface area contributed by atoms with Crippen LogP contribution in [0.1, 0.15) is 29.8 Å². The number of rotatable bonds is 7. The van der Waals surface area contributed by atoms with Crippen LogP contribution >= 0.6 is 0 Å². The molecule has 9 nitrogen and oxygen atoms in total. The second-order valence-electron chi connectivity index (χ2n) is 5.88. The molecule has 0 amide bonds. The van der Waals surface area contributed by atoms with E-state index in [1.807, 2.05) is 0 Å². The van der Waals surface area contributed by atoms with E-state index in [1.165, 1.54) is 24.3 Å². The van der Waals surface area contributed by atoms with Gasteiger partial charge >= 0.3 is 23.9 Å². The van der Waals surface area contributed by atoms with Gasteiger partial charge in [-0.25, -0.2) is 14.4 Å². The Kier molecular flexibility index (Phi) is 7.72. The average molecular weight is 402 g/mol. The lowest BCUT2D eigenvalue weighted by atomic mass is 10.1. The highest BCUT2D eigenvalue weighted by Crippen LogP contribution is 2.16. The predicted molar refractivity (Wildman–Crippen MR) is 95.6 cm³/mol. The number of carbonyl (C=O) groups excluding carboxylic acids is 4. The minimum absolute atomic E-state index is 0.166. The van der Waals surface area contributed by atoms with Crippen LogP contribution in [0.4, 0.5) is 0 Å². The summed E-state index contributed by atoms with van der Waals surface area (Å²) in [6.07, 6.45) is -6.61. The van der Waals surface area contributed by atoms with Gasteiger partial charge in [-0.05, 0) is 11.1 Å². The quantitative estimate of drug-likeness (QED) is 0.440. The summed E-state index contributed by atoms with van der Waals surface area (Å²) in [4.78, 5) is 46.9. The first kappa shape index (κ1) is 21.9. The van der Waals surface area contributed by atoms with Gasteiger partial charge in [0.25, 0.3) is 0 Å². The number of carbonyl (C=O) groups is 4. The van der Waals surface area contributed by atoms with Gasteiger partial charge in [0.15, 0.2) is 18.3 Å². The van der Waals surface area contributed by atoms with Gasteiger partial charge in [0.05, 0.1) is 6.42 Å². The molecule has 152 valence electrons. The zero-order chi connectivity index (χ0) is 21.4. The fourth-order valence-electron chi connectivity index (χ4n) is 2.22. The number of benzene rings is 2. The molecule has 0 spiro atoms. The molecular weight excluding hydrogens is 384 g/mol. The fourth-order valence-corrected chi connectivity index (χ4v) is 2.22. The van der Waals surface area contributed by atoms with Crippen LogP contribution in [0.5, 0.6) is 0 Å². The molecule has 9 heteroatoms. The molecule has 0 saturated carbocycles. The van der Waals surface area contributed by atoms with E-state index in [2.05, 4.69) is 9.47 Å². The number of aliphatic hydroxyl groups is 3. The Hall–Kier alpha value is -3.40. The molecule has 3 N–H and O–H groups in total. The number of hydrogen-bond acceptors (Lipinski definition) is 9. The van der Waals surface area contributed by atoms with Crippen LogP contribution in [0.25, 0.3) is 0 Å². The Labute approximate surface area is 165 Å². The lowest BCUT2D eigenvalue weighted by Gasteiger charge is -2.13. The first-order valence-corrected chi connectivity index (χ1v) is 8.43. The molecule has 3 atom stereocenters. The third-order valence-electron chi connectivity index (χ3n) is 3.72. The van der Waals surface area contributed by atoms with E-state index in [1.54, 1.807) is 36.4 Å². The zero-order valence-electron chi connectivity index (χ0n) is 15.0. The lowest BCUT2D eigenvalue weighted by Crippen LogP contribution is -2.31. The molecule has 0 fully saturated rings. The van der Waals surface area contributed by atoms with Crippen molar-refractivity contribution in [2.75, 3.05) is 0 Å². The third kappa shape index (κ3) is 6.32. The molecule has 0 radical (unpaired) electrons. The van der Waals surface area contributed by atoms with Crippen molar-refractivity contribution < 1.29 is 44.0 Å². The maximum Gasteiger partial charge on any atom is 0.347 e. The largest absolute Gasteiger partial charge is 0.391 e. The van der Waals surface area contributed by atoms with E-state index in [4.69, 9.17) is 0 Å². The maximum absolute atomic E-state index is 11.8. The Morgan fingerprint density at radius 1 is 0.655 bits per heavy atom. The topological polar surface area (TPSA) is 147 Å². The van der Waals surface area contributed by atoms with Crippen LogP contribution in [-0.2, 0) is 28.7 Å². The van der Waals surface area contributed by atoms with Crippen LogP contribution in [-0.4, -0.2) is 45.3 Å². The van der Waals surface area contributed by atoms with Gasteiger partial charge in [-0.1, -0.05) is 60.7 Å². The van der Waals surface area contributed by atoms with Crippen molar-refractivity contribution in [3.05, 3.63) is 71.8 Å². The van der Waals surface area contributed by atoms with Crippen LogP contribution in [0.3, 0.4) is 0 Å². The van der Waals surface area contributed by atoms with E-state index in [-0.39, 0.29) is 11.1 Å². The monoisotopic (exact) mass is 402 g/mol. The van der Waals surface area contributed by atoms with Crippen molar-refractivity contribution >= 4 is 23.9 Å². The number of ether oxygens (including phenoxy) is 2. The molecule has 0 aromatic heterocycles. The molecular formula is C20H18O9. The fraction of sp³-hybridized carbons (Fsp3) is 0.200. The van der Waals surface area contributed by atoms with Crippen molar-refractivity contribution in [2.24, 2.45) is 0 Å². The zero-order valence-corrected chi connectivity index (χ0v) is 15.0. The summed E-state index contributed by atoms with van der Waals surface area (Å²) < 4.78 is 8.71. The van der Waals surface area contributed by atoms with Crippen molar-refractivity contribution in [3.63, 3.8) is 0 Å². The maximum atomic E-state index is 11.8. The highest BCUT2D eigenvalue weighted by atomic mass is 16.6. The summed E-state index contributed by atoms with van der Waals surface area (Å²) in [7, 11) is 0. The van der Waals surface area contributed by atoms with E-state index < -0.39 is 48.6 Å². The van der Waals surface area contributed by atoms with Gasteiger partial charge in [0.2, 0.25) is 0 Å². The Bertz CT molecular complexity index is 864. The Morgan fingerprint density at radius 3 is 1.52 bits per heavy atom. The van der Waals surface area contributed by atoms with Gasteiger partial charge in [0, 0.05) is 0 Å². The first-order chi connectivity index (χ1) is 13.8. The van der Waals surface area contributed by atoms with E-state index in [9.17, 15) is 34.5 Å². The van der Waals surface area contributed by atoms with Gasteiger partial charge in [0.1, 0.15) is 0 Å². The second kappa shape index (κ2) is 10.2. The van der Waals surface area contributed by atoms with Crippen LogP contribution in [0.15, 0.2) is 60.7 Å². The van der Waals surface area contributed by atoms with Crippen LogP contribution in [0.2, 0.25) is 0 Å². The molecule has 2 aromatic carbocycles. The normalized spacial score (nSPS) is 13.6. The van der Waals surface area contributed by atoms with Gasteiger partial charge in [-0.2, -0.15) is 0 Å². The van der Waals surface area contributed by atoms with Gasteiger partial charge in [-0.15, -0.1) is 0 Å². The van der Waals surface area contributed by atoms with Gasteiger partial charge in [-0.3, -0.25) is 4.79 Å². The molecule has 29 heavy (non-hydrogen) atoms. The summed E-state index contributed by atoms with van der Waals surface area (Å²) in [6, 6.07) is 15.3. The van der Waals surface area contributed by atoms with Gasteiger partial charge < -0.3 is 24.8 Å². The minimum Gasteiger partial charge on any atom is -0.391 e. The minimum atomic E-state index is -2.11. The first-order valence-electron chi connectivity index (χ1n) is 8.43. The molecule has 0 aliphatic rings. The van der Waals surface area contributed by atoms with Crippen LogP contribution in [0, 0.1) is 0 Å². The van der Waals surface area contributed by atoms with E-state index >= 15 is 0 Å². The highest BCUT2D eigenvalue weighted by Gasteiger charge is 2.29. The predicted octanol–water partition coefficient (Wildman–Crippen LogP) is 0.344. The van der Waals surface area contributed by atoms with Crippen LogP contribution < -0.4 is 0 Å². The number of hydrogen-bond donors (Lipinski definition) is 3. The third-order valence-corrected chi connectivity index (χ3v) is 3.72. The molecule has 2 aromatic rings. The SMILES string of the molecule is O=C(CC(O)C(=O)OC(=O)[C@H](O)c1ccccc1)OC(=O)[C@H](O)c1ccccc1.